The van der Waals surface area contributed by atoms with Crippen LogP contribution in [-0.4, -0.2) is 38.5 Å². The van der Waals surface area contributed by atoms with Gasteiger partial charge in [0.15, 0.2) is 11.5 Å². The van der Waals surface area contributed by atoms with Crippen molar-refractivity contribution in [3.8, 4) is 11.7 Å². The van der Waals surface area contributed by atoms with Crippen molar-refractivity contribution in [3.05, 3.63) is 60.3 Å². The van der Waals surface area contributed by atoms with Crippen LogP contribution in [0.1, 0.15) is 36.5 Å². The molecule has 0 aliphatic heterocycles. The van der Waals surface area contributed by atoms with Crippen LogP contribution in [0.3, 0.4) is 0 Å². The molecule has 4 rings (SSSR count). The lowest BCUT2D eigenvalue weighted by molar-refractivity contribution is 0.0817. The van der Waals surface area contributed by atoms with Crippen LogP contribution in [0.2, 0.25) is 0 Å². The molecule has 0 aliphatic carbocycles. The summed E-state index contributed by atoms with van der Waals surface area (Å²) in [6, 6.07) is 11.0. The molecule has 0 radical (unpaired) electrons. The molecule has 0 saturated carbocycles. The second kappa shape index (κ2) is 7.82. The quantitative estimate of drug-likeness (QED) is 0.460. The smallest absolute Gasteiger partial charge is 0.283 e. The lowest BCUT2D eigenvalue weighted by atomic mass is 10.0. The van der Waals surface area contributed by atoms with Crippen molar-refractivity contribution in [2.24, 2.45) is 0 Å². The number of aromatic nitrogens is 3. The van der Waals surface area contributed by atoms with E-state index in [-0.39, 0.29) is 11.8 Å². The molecule has 0 amide bonds. The molecule has 3 aromatic heterocycles. The van der Waals surface area contributed by atoms with E-state index in [0.29, 0.717) is 29.6 Å². The Labute approximate surface area is 162 Å². The summed E-state index contributed by atoms with van der Waals surface area (Å²) in [4.78, 5) is 18.4. The molecule has 0 fully saturated rings. The van der Waals surface area contributed by atoms with Crippen LogP contribution < -0.4 is 0 Å². The van der Waals surface area contributed by atoms with Gasteiger partial charge >= 0.3 is 0 Å². The van der Waals surface area contributed by atoms with Crippen LogP contribution in [0.5, 0.6) is 0 Å². The van der Waals surface area contributed by atoms with Crippen LogP contribution in [0, 0.1) is 0 Å². The Morgan fingerprint density at radius 2 is 2.07 bits per heavy atom. The summed E-state index contributed by atoms with van der Waals surface area (Å²) < 4.78 is 11.0. The third kappa shape index (κ3) is 3.48. The molecule has 144 valence electrons. The highest BCUT2D eigenvalue weighted by Crippen LogP contribution is 2.22. The number of benzene rings is 1. The standard InChI is InChI=1S/C21H22N4O3/c1-3-10-25(13-19-23-24-21(28-19)18-9-6-11-27-18)14(2)20(26)16-12-22-17-8-5-4-7-15(16)17/h4-9,11-12,14,22H,3,10,13H2,1-2H3/t14-/m0/s1. The number of fused-ring (bicyclic) bond motifs is 1. The number of hydrogen-bond donors (Lipinski definition) is 1. The highest BCUT2D eigenvalue weighted by molar-refractivity contribution is 6.10. The van der Waals surface area contributed by atoms with E-state index in [9.17, 15) is 4.79 Å². The molecule has 0 spiro atoms. The first-order chi connectivity index (χ1) is 13.7. The fourth-order valence-electron chi connectivity index (χ4n) is 3.35. The lowest BCUT2D eigenvalue weighted by Gasteiger charge is -2.26. The van der Waals surface area contributed by atoms with Crippen molar-refractivity contribution in [1.29, 1.82) is 0 Å². The van der Waals surface area contributed by atoms with Crippen LogP contribution >= 0.6 is 0 Å². The van der Waals surface area contributed by atoms with Crippen molar-refractivity contribution >= 4 is 16.7 Å². The number of carbonyl (C=O) groups excluding carboxylic acids is 1. The number of ketones is 1. The van der Waals surface area contributed by atoms with Crippen LogP contribution in [0.4, 0.5) is 0 Å². The van der Waals surface area contributed by atoms with Gasteiger partial charge in [0.25, 0.3) is 5.89 Å². The second-order valence-corrected chi connectivity index (χ2v) is 6.74. The summed E-state index contributed by atoms with van der Waals surface area (Å²) in [6.45, 7) is 5.14. The van der Waals surface area contributed by atoms with Gasteiger partial charge in [-0.15, -0.1) is 10.2 Å². The minimum absolute atomic E-state index is 0.0664. The Balaban J connectivity index is 1.54. The largest absolute Gasteiger partial charge is 0.459 e. The van der Waals surface area contributed by atoms with E-state index in [0.717, 1.165) is 23.9 Å². The van der Waals surface area contributed by atoms with Crippen molar-refractivity contribution in [1.82, 2.24) is 20.1 Å². The van der Waals surface area contributed by atoms with Gasteiger partial charge in [0.2, 0.25) is 5.89 Å². The Hall–Kier alpha value is -3.19. The number of carbonyl (C=O) groups is 1. The Kier molecular flexibility index (Phi) is 5.08. The highest BCUT2D eigenvalue weighted by Gasteiger charge is 2.26. The van der Waals surface area contributed by atoms with E-state index in [2.05, 4.69) is 27.0 Å². The zero-order chi connectivity index (χ0) is 19.5. The molecule has 1 N–H and O–H groups in total. The van der Waals surface area contributed by atoms with Crippen LogP contribution in [0.25, 0.3) is 22.6 Å². The summed E-state index contributed by atoms with van der Waals surface area (Å²) in [6.07, 6.45) is 4.25. The van der Waals surface area contributed by atoms with E-state index in [1.54, 1.807) is 24.6 Å². The minimum Gasteiger partial charge on any atom is -0.459 e. The summed E-state index contributed by atoms with van der Waals surface area (Å²) >= 11 is 0. The molecule has 1 atom stereocenters. The highest BCUT2D eigenvalue weighted by atomic mass is 16.4. The molecular formula is C21H22N4O3. The average molecular weight is 378 g/mol. The molecule has 28 heavy (non-hydrogen) atoms. The predicted molar refractivity (Wildman–Crippen MR) is 105 cm³/mol. The van der Waals surface area contributed by atoms with Gasteiger partial charge in [0, 0.05) is 22.7 Å². The van der Waals surface area contributed by atoms with Gasteiger partial charge < -0.3 is 13.8 Å². The molecule has 7 nitrogen and oxygen atoms in total. The van der Waals surface area contributed by atoms with Gasteiger partial charge in [-0.2, -0.15) is 0 Å². The third-order valence-electron chi connectivity index (χ3n) is 4.83. The van der Waals surface area contributed by atoms with E-state index in [1.165, 1.54) is 0 Å². The molecule has 7 heteroatoms. The maximum absolute atomic E-state index is 13.2. The molecule has 4 aromatic rings. The van der Waals surface area contributed by atoms with E-state index in [1.807, 2.05) is 31.2 Å². The fourth-order valence-corrected chi connectivity index (χ4v) is 3.35. The van der Waals surface area contributed by atoms with Crippen LogP contribution in [0.15, 0.2) is 57.7 Å². The summed E-state index contributed by atoms with van der Waals surface area (Å²) in [5.74, 6) is 1.39. The maximum Gasteiger partial charge on any atom is 0.283 e. The number of hydrogen-bond acceptors (Lipinski definition) is 6. The van der Waals surface area contributed by atoms with E-state index in [4.69, 9.17) is 8.83 Å². The number of aromatic amines is 1. The number of para-hydroxylation sites is 1. The third-order valence-corrected chi connectivity index (χ3v) is 4.83. The molecular weight excluding hydrogens is 356 g/mol. The number of nitrogens with zero attached hydrogens (tertiary/aromatic N) is 3. The maximum atomic E-state index is 13.2. The number of furan rings is 1. The van der Waals surface area contributed by atoms with Crippen molar-refractivity contribution in [2.45, 2.75) is 32.9 Å². The predicted octanol–water partition coefficient (Wildman–Crippen LogP) is 4.29. The van der Waals surface area contributed by atoms with Crippen LogP contribution in [-0.2, 0) is 6.54 Å². The number of H-pyrrole nitrogens is 1. The molecule has 0 saturated heterocycles. The molecule has 0 bridgehead atoms. The van der Waals surface area contributed by atoms with Crippen molar-refractivity contribution in [3.63, 3.8) is 0 Å². The zero-order valence-corrected chi connectivity index (χ0v) is 15.9. The monoisotopic (exact) mass is 378 g/mol. The van der Waals surface area contributed by atoms with Gasteiger partial charge in [0.1, 0.15) is 0 Å². The average Bonchev–Trinajstić information content (AvgIpc) is 3.46. The first-order valence-corrected chi connectivity index (χ1v) is 9.38. The van der Waals surface area contributed by atoms with Gasteiger partial charge in [0.05, 0.1) is 18.8 Å². The Bertz CT molecular complexity index is 1060. The molecule has 0 aliphatic rings. The minimum atomic E-state index is -0.321. The first kappa shape index (κ1) is 18.2. The second-order valence-electron chi connectivity index (χ2n) is 6.74. The van der Waals surface area contributed by atoms with Gasteiger partial charge in [-0.05, 0) is 38.1 Å². The number of nitrogens with one attached hydrogen (secondary N) is 1. The lowest BCUT2D eigenvalue weighted by Crippen LogP contribution is -2.39. The summed E-state index contributed by atoms with van der Waals surface area (Å²) in [5, 5.41) is 9.09. The number of rotatable bonds is 8. The van der Waals surface area contributed by atoms with Crippen molar-refractivity contribution in [2.75, 3.05) is 6.54 Å². The van der Waals surface area contributed by atoms with Gasteiger partial charge in [-0.1, -0.05) is 25.1 Å². The topological polar surface area (TPSA) is 88.2 Å². The fraction of sp³-hybridized carbons (Fsp3) is 0.286. The van der Waals surface area contributed by atoms with Gasteiger partial charge in [-0.25, -0.2) is 0 Å². The molecule has 3 heterocycles. The first-order valence-electron chi connectivity index (χ1n) is 9.38. The Morgan fingerprint density at radius 1 is 1.21 bits per heavy atom. The molecule has 0 unspecified atom stereocenters. The molecule has 1 aromatic carbocycles. The van der Waals surface area contributed by atoms with Crippen molar-refractivity contribution < 1.29 is 13.6 Å². The zero-order valence-electron chi connectivity index (χ0n) is 15.9. The summed E-state index contributed by atoms with van der Waals surface area (Å²) in [5.41, 5.74) is 1.66. The number of Topliss-reactive ketones (excluding diaryl/α,β-unsaturated/α-hetero) is 1. The van der Waals surface area contributed by atoms with Gasteiger partial charge in [-0.3, -0.25) is 9.69 Å². The summed E-state index contributed by atoms with van der Waals surface area (Å²) in [7, 11) is 0. The van der Waals surface area contributed by atoms with E-state index < -0.39 is 0 Å². The normalized spacial score (nSPS) is 12.7. The Morgan fingerprint density at radius 3 is 2.86 bits per heavy atom. The van der Waals surface area contributed by atoms with E-state index >= 15 is 0 Å². The SMILES string of the molecule is CCCN(Cc1nnc(-c2ccco2)o1)[C@@H](C)C(=O)c1c[nH]c2ccccc12.